The van der Waals surface area contributed by atoms with Crippen molar-refractivity contribution in [3.8, 4) is 0 Å². The molecule has 2 aromatic rings. The van der Waals surface area contributed by atoms with Crippen LogP contribution in [0.5, 0.6) is 0 Å². The Morgan fingerprint density at radius 3 is 2.52 bits per heavy atom. The van der Waals surface area contributed by atoms with Crippen LogP contribution >= 0.6 is 12.4 Å². The van der Waals surface area contributed by atoms with Gasteiger partial charge in [0.1, 0.15) is 5.82 Å². The van der Waals surface area contributed by atoms with Gasteiger partial charge in [-0.05, 0) is 62.9 Å². The second-order valence-electron chi connectivity index (χ2n) is 7.88. The summed E-state index contributed by atoms with van der Waals surface area (Å²) < 4.78 is 15.0. The van der Waals surface area contributed by atoms with E-state index in [1.165, 1.54) is 12.1 Å². The van der Waals surface area contributed by atoms with E-state index in [2.05, 4.69) is 15.6 Å². The smallest absolute Gasteiger partial charge is 0.276 e. The fraction of sp³-hybridized carbons (Fsp3) is 0.571. The van der Waals surface area contributed by atoms with E-state index in [1.54, 1.807) is 12.1 Å². The molecule has 0 radical (unpaired) electrons. The average Bonchev–Trinajstić information content (AvgIpc) is 3.42. The summed E-state index contributed by atoms with van der Waals surface area (Å²) in [6.45, 7) is 2.56. The number of benzene rings is 1. The lowest BCUT2D eigenvalue weighted by molar-refractivity contribution is 0.0677. The van der Waals surface area contributed by atoms with E-state index in [-0.39, 0.29) is 30.2 Å². The topological polar surface area (TPSA) is 63.1 Å². The van der Waals surface area contributed by atoms with Crippen molar-refractivity contribution in [1.82, 2.24) is 25.2 Å². The van der Waals surface area contributed by atoms with E-state index >= 15 is 0 Å². The third-order valence-electron chi connectivity index (χ3n) is 5.99. The van der Waals surface area contributed by atoms with Gasteiger partial charge in [0, 0.05) is 12.6 Å². The second-order valence-corrected chi connectivity index (χ2v) is 7.88. The second kappa shape index (κ2) is 10.2. The van der Waals surface area contributed by atoms with E-state index in [0.717, 1.165) is 57.2 Å². The Morgan fingerprint density at radius 1 is 1.14 bits per heavy atom. The molecule has 1 saturated carbocycles. The van der Waals surface area contributed by atoms with Gasteiger partial charge in [0.2, 0.25) is 0 Å². The molecule has 1 N–H and O–H groups in total. The molecule has 0 spiro atoms. The van der Waals surface area contributed by atoms with Gasteiger partial charge in [-0.15, -0.1) is 17.5 Å². The zero-order chi connectivity index (χ0) is 19.3. The molecule has 2 heterocycles. The van der Waals surface area contributed by atoms with Crippen molar-refractivity contribution in [2.24, 2.45) is 0 Å². The first-order valence-electron chi connectivity index (χ1n) is 10.4. The van der Waals surface area contributed by atoms with Gasteiger partial charge in [-0.25, -0.2) is 9.07 Å². The molecule has 2 aliphatic rings. The van der Waals surface area contributed by atoms with Gasteiger partial charge in [-0.3, -0.25) is 4.79 Å². The third kappa shape index (κ3) is 5.34. The first-order valence-corrected chi connectivity index (χ1v) is 10.4. The lowest BCUT2D eigenvalue weighted by atomic mass is 10.1. The SMILES string of the molecule is Cl.O=C(c1cn(C2CCNCC2)nn1)N(CCc1ccc(F)cc1)C1CCCC1. The molecule has 4 rings (SSSR count). The van der Waals surface area contributed by atoms with E-state index in [9.17, 15) is 9.18 Å². The molecule has 1 amide bonds. The van der Waals surface area contributed by atoms with Crippen LogP contribution in [-0.2, 0) is 6.42 Å². The maximum Gasteiger partial charge on any atom is 0.276 e. The zero-order valence-corrected chi connectivity index (χ0v) is 17.4. The zero-order valence-electron chi connectivity index (χ0n) is 16.6. The molecule has 0 bridgehead atoms. The number of halogens is 2. The summed E-state index contributed by atoms with van der Waals surface area (Å²) >= 11 is 0. The molecular formula is C21H29ClFN5O. The number of amides is 1. The molecule has 0 atom stereocenters. The van der Waals surface area contributed by atoms with Gasteiger partial charge in [-0.1, -0.05) is 30.2 Å². The van der Waals surface area contributed by atoms with Crippen LogP contribution in [0.1, 0.15) is 60.6 Å². The Bertz CT molecular complexity index is 785. The van der Waals surface area contributed by atoms with Crippen LogP contribution in [0.15, 0.2) is 30.5 Å². The predicted molar refractivity (Wildman–Crippen MR) is 112 cm³/mol. The predicted octanol–water partition coefficient (Wildman–Crippen LogP) is 3.39. The lowest BCUT2D eigenvalue weighted by Gasteiger charge is -2.28. The summed E-state index contributed by atoms with van der Waals surface area (Å²) in [6.07, 6.45) is 8.94. The summed E-state index contributed by atoms with van der Waals surface area (Å²) in [5.74, 6) is -0.267. The maximum absolute atomic E-state index is 13.2. The molecule has 1 aromatic heterocycles. The molecule has 1 aromatic carbocycles. The van der Waals surface area contributed by atoms with Crippen molar-refractivity contribution >= 4 is 18.3 Å². The number of nitrogens with zero attached hydrogens (tertiary/aromatic N) is 4. The Hall–Kier alpha value is -1.99. The van der Waals surface area contributed by atoms with Crippen molar-refractivity contribution in [2.75, 3.05) is 19.6 Å². The Balaban J connectivity index is 0.00000240. The van der Waals surface area contributed by atoms with Gasteiger partial charge in [0.15, 0.2) is 5.69 Å². The summed E-state index contributed by atoms with van der Waals surface area (Å²) in [5, 5.41) is 11.8. The minimum atomic E-state index is -0.234. The number of hydrogen-bond donors (Lipinski definition) is 1. The molecule has 1 aliphatic heterocycles. The molecule has 158 valence electrons. The van der Waals surface area contributed by atoms with Crippen LogP contribution in [-0.4, -0.2) is 51.5 Å². The highest BCUT2D eigenvalue weighted by atomic mass is 35.5. The van der Waals surface area contributed by atoms with Crippen LogP contribution in [0.4, 0.5) is 4.39 Å². The number of piperidine rings is 1. The quantitative estimate of drug-likeness (QED) is 0.776. The van der Waals surface area contributed by atoms with Crippen molar-refractivity contribution in [2.45, 2.75) is 57.0 Å². The molecule has 6 nitrogen and oxygen atoms in total. The number of carbonyl (C=O) groups excluding carboxylic acids is 1. The highest BCUT2D eigenvalue weighted by Gasteiger charge is 2.29. The van der Waals surface area contributed by atoms with Crippen molar-refractivity contribution < 1.29 is 9.18 Å². The number of carbonyl (C=O) groups is 1. The fourth-order valence-corrected chi connectivity index (χ4v) is 4.34. The minimum Gasteiger partial charge on any atom is -0.334 e. The molecule has 1 saturated heterocycles. The van der Waals surface area contributed by atoms with Crippen LogP contribution in [0.3, 0.4) is 0 Å². The van der Waals surface area contributed by atoms with E-state index in [4.69, 9.17) is 0 Å². The van der Waals surface area contributed by atoms with Crippen LogP contribution in [0, 0.1) is 5.82 Å². The average molecular weight is 422 g/mol. The normalized spacial score (nSPS) is 17.8. The summed E-state index contributed by atoms with van der Waals surface area (Å²) in [4.78, 5) is 15.2. The van der Waals surface area contributed by atoms with E-state index in [0.29, 0.717) is 24.7 Å². The summed E-state index contributed by atoms with van der Waals surface area (Å²) in [7, 11) is 0. The van der Waals surface area contributed by atoms with Gasteiger partial charge >= 0.3 is 0 Å². The number of hydrogen-bond acceptors (Lipinski definition) is 4. The van der Waals surface area contributed by atoms with Crippen LogP contribution in [0.25, 0.3) is 0 Å². The molecule has 1 aliphatic carbocycles. The third-order valence-corrected chi connectivity index (χ3v) is 5.99. The number of rotatable bonds is 6. The largest absolute Gasteiger partial charge is 0.334 e. The standard InChI is InChI=1S/C21H28FN5O.ClH/c22-17-7-5-16(6-8-17)11-14-26(18-3-1-2-4-18)21(28)20-15-27(25-24-20)19-9-12-23-13-10-19;/h5-8,15,18-19,23H,1-4,9-14H2;1H. The van der Waals surface area contributed by atoms with Crippen LogP contribution in [0.2, 0.25) is 0 Å². The molecule has 29 heavy (non-hydrogen) atoms. The van der Waals surface area contributed by atoms with E-state index in [1.807, 2.05) is 15.8 Å². The molecule has 0 unspecified atom stereocenters. The fourth-order valence-electron chi connectivity index (χ4n) is 4.34. The maximum atomic E-state index is 13.2. The number of nitrogens with one attached hydrogen (secondary N) is 1. The van der Waals surface area contributed by atoms with E-state index < -0.39 is 0 Å². The Morgan fingerprint density at radius 2 is 1.83 bits per heavy atom. The highest BCUT2D eigenvalue weighted by Crippen LogP contribution is 2.25. The molecule has 8 heteroatoms. The summed E-state index contributed by atoms with van der Waals surface area (Å²) in [6, 6.07) is 7.11. The van der Waals surface area contributed by atoms with Crippen molar-refractivity contribution in [3.63, 3.8) is 0 Å². The Kier molecular flexibility index (Phi) is 7.61. The minimum absolute atomic E-state index is 0. The molecular weight excluding hydrogens is 393 g/mol. The van der Waals surface area contributed by atoms with Gasteiger partial charge in [0.05, 0.1) is 12.2 Å². The van der Waals surface area contributed by atoms with Gasteiger partial charge in [0.25, 0.3) is 5.91 Å². The van der Waals surface area contributed by atoms with Crippen LogP contribution < -0.4 is 5.32 Å². The van der Waals surface area contributed by atoms with Crippen molar-refractivity contribution in [3.05, 3.63) is 47.5 Å². The summed E-state index contributed by atoms with van der Waals surface area (Å²) in [5.41, 5.74) is 1.47. The highest BCUT2D eigenvalue weighted by molar-refractivity contribution is 5.92. The lowest BCUT2D eigenvalue weighted by Crippen LogP contribution is -2.40. The van der Waals surface area contributed by atoms with Crippen molar-refractivity contribution in [1.29, 1.82) is 0 Å². The Labute approximate surface area is 177 Å². The monoisotopic (exact) mass is 421 g/mol. The van der Waals surface area contributed by atoms with Gasteiger partial charge in [-0.2, -0.15) is 0 Å². The number of aromatic nitrogens is 3. The molecule has 2 fully saturated rings. The first-order chi connectivity index (χ1) is 13.7. The first kappa shape index (κ1) is 21.7. The van der Waals surface area contributed by atoms with Gasteiger partial charge < -0.3 is 10.2 Å².